The summed E-state index contributed by atoms with van der Waals surface area (Å²) in [6.45, 7) is 0.566. The molecule has 1 amide bonds. The molecule has 3 aromatic carbocycles. The van der Waals surface area contributed by atoms with Crippen molar-refractivity contribution >= 4 is 11.8 Å². The zero-order chi connectivity index (χ0) is 29.8. The summed E-state index contributed by atoms with van der Waals surface area (Å²) in [5, 5.41) is 16.5. The number of rotatable bonds is 14. The fraction of sp³-hybridized carbons (Fsp3) is 0.310. The number of aliphatic hydroxyl groups is 1. The van der Waals surface area contributed by atoms with E-state index in [-0.39, 0.29) is 32.0 Å². The van der Waals surface area contributed by atoms with Crippen LogP contribution < -0.4 is 15.6 Å². The molecule has 1 heterocycles. The minimum absolute atomic E-state index is 0.0357. The number of nitrogens with zero attached hydrogens (tertiary/aromatic N) is 7. The molecule has 1 aliphatic rings. The molecule has 0 spiro atoms. The summed E-state index contributed by atoms with van der Waals surface area (Å²) in [5.41, 5.74) is 25.3. The van der Waals surface area contributed by atoms with E-state index in [2.05, 4.69) is 30.9 Å². The molecule has 2 atom stereocenters. The molecule has 0 bridgehead atoms. The monoisotopic (exact) mass is 569 g/mol. The van der Waals surface area contributed by atoms with Crippen LogP contribution >= 0.6 is 0 Å². The number of benzene rings is 3. The molecule has 13 nitrogen and oxygen atoms in total. The first-order valence-electron chi connectivity index (χ1n) is 13.3. The van der Waals surface area contributed by atoms with E-state index < -0.39 is 17.6 Å². The molecule has 13 heteroatoms. The Hall–Kier alpha value is -5.06. The van der Waals surface area contributed by atoms with Crippen molar-refractivity contribution < 1.29 is 19.4 Å². The Bertz CT molecular complexity index is 1520. The average molecular weight is 570 g/mol. The molecule has 0 aromatic heterocycles. The number of hydrogen-bond acceptors (Lipinski definition) is 8. The van der Waals surface area contributed by atoms with Crippen molar-refractivity contribution in [3.05, 3.63) is 121 Å². The molecule has 3 aromatic rings. The van der Waals surface area contributed by atoms with Gasteiger partial charge < -0.3 is 14.6 Å². The standard InChI is InChI=1S/C29H31N9O4/c1-32-36-28(40)29(17-21-7-2-3-8-22(21)18-33-37-30)26(25-10-5-4-9-23(25)19-34-38-31)42-27(35-29)20-11-13-24(14-12-20)41-16-6-15-39/h2-5,7-14,26,32,39H,6,15-19H2,1H3,(H,36,40)/t26-,29-/m0/s1. The first kappa shape index (κ1) is 29.9. The van der Waals surface area contributed by atoms with Crippen LogP contribution in [0.25, 0.3) is 20.9 Å². The Kier molecular flexibility index (Phi) is 10.4. The van der Waals surface area contributed by atoms with Crippen LogP contribution in [0.1, 0.15) is 40.3 Å². The number of ether oxygens (including phenoxy) is 2. The summed E-state index contributed by atoms with van der Waals surface area (Å²) in [7, 11) is 1.59. The first-order valence-corrected chi connectivity index (χ1v) is 13.3. The third-order valence-electron chi connectivity index (χ3n) is 6.79. The third kappa shape index (κ3) is 6.80. The van der Waals surface area contributed by atoms with Gasteiger partial charge in [0.1, 0.15) is 5.75 Å². The number of azide groups is 2. The number of amides is 1. The van der Waals surface area contributed by atoms with E-state index in [0.717, 1.165) is 11.1 Å². The number of carbonyl (C=O) groups is 1. The topological polar surface area (TPSA) is 190 Å². The Morgan fingerprint density at radius 1 is 1.00 bits per heavy atom. The van der Waals surface area contributed by atoms with Gasteiger partial charge in [-0.05, 0) is 57.6 Å². The smallest absolute Gasteiger partial charge is 0.266 e. The summed E-state index contributed by atoms with van der Waals surface area (Å²) >= 11 is 0. The maximum absolute atomic E-state index is 14.0. The second-order valence-corrected chi connectivity index (χ2v) is 9.42. The van der Waals surface area contributed by atoms with Crippen LogP contribution in [0.3, 0.4) is 0 Å². The van der Waals surface area contributed by atoms with Crippen molar-refractivity contribution in [3.8, 4) is 5.75 Å². The van der Waals surface area contributed by atoms with E-state index in [1.807, 2.05) is 48.5 Å². The predicted molar refractivity (Wildman–Crippen MR) is 156 cm³/mol. The molecule has 0 aliphatic carbocycles. The van der Waals surface area contributed by atoms with Gasteiger partial charge in [-0.1, -0.05) is 58.8 Å². The lowest BCUT2D eigenvalue weighted by Crippen LogP contribution is -2.53. The molecule has 0 fully saturated rings. The fourth-order valence-corrected chi connectivity index (χ4v) is 4.81. The Labute approximate surface area is 242 Å². The molecule has 0 radical (unpaired) electrons. The summed E-state index contributed by atoms with van der Waals surface area (Å²) in [4.78, 5) is 24.8. The molecule has 0 unspecified atom stereocenters. The Balaban J connectivity index is 1.86. The molecule has 0 saturated heterocycles. The second kappa shape index (κ2) is 14.5. The van der Waals surface area contributed by atoms with Crippen LogP contribution in [-0.2, 0) is 29.0 Å². The van der Waals surface area contributed by atoms with Crippen molar-refractivity contribution in [2.24, 2.45) is 15.2 Å². The molecule has 1 aliphatic heterocycles. The predicted octanol–water partition coefficient (Wildman–Crippen LogP) is 4.82. The summed E-state index contributed by atoms with van der Waals surface area (Å²) in [6.07, 6.45) is -0.276. The van der Waals surface area contributed by atoms with Crippen LogP contribution in [0.2, 0.25) is 0 Å². The Morgan fingerprint density at radius 3 is 2.31 bits per heavy atom. The van der Waals surface area contributed by atoms with E-state index in [9.17, 15) is 4.79 Å². The van der Waals surface area contributed by atoms with Crippen molar-refractivity contribution in [1.29, 1.82) is 0 Å². The fourth-order valence-electron chi connectivity index (χ4n) is 4.81. The number of aliphatic hydroxyl groups excluding tert-OH is 1. The highest BCUT2D eigenvalue weighted by atomic mass is 16.5. The molecular weight excluding hydrogens is 538 g/mol. The highest BCUT2D eigenvalue weighted by Gasteiger charge is 2.54. The second-order valence-electron chi connectivity index (χ2n) is 9.42. The molecule has 216 valence electrons. The first-order chi connectivity index (χ1) is 20.6. The maximum atomic E-state index is 14.0. The highest BCUT2D eigenvalue weighted by Crippen LogP contribution is 2.44. The minimum Gasteiger partial charge on any atom is -0.494 e. The molecule has 0 saturated carbocycles. The largest absolute Gasteiger partial charge is 0.494 e. The number of hydrogen-bond donors (Lipinski definition) is 3. The van der Waals surface area contributed by atoms with Gasteiger partial charge in [0.05, 0.1) is 19.7 Å². The van der Waals surface area contributed by atoms with Crippen molar-refractivity contribution in [2.45, 2.75) is 37.6 Å². The van der Waals surface area contributed by atoms with E-state index in [1.54, 1.807) is 31.3 Å². The highest BCUT2D eigenvalue weighted by molar-refractivity contribution is 6.01. The number of hydrazine groups is 1. The van der Waals surface area contributed by atoms with Crippen LogP contribution in [-0.4, -0.2) is 42.7 Å². The van der Waals surface area contributed by atoms with Gasteiger partial charge in [-0.2, -0.15) is 0 Å². The van der Waals surface area contributed by atoms with E-state index in [0.29, 0.717) is 35.5 Å². The number of aliphatic imine (C=N–C) groups is 1. The van der Waals surface area contributed by atoms with Gasteiger partial charge in [0, 0.05) is 41.9 Å². The van der Waals surface area contributed by atoms with Gasteiger partial charge in [-0.25, -0.2) is 10.4 Å². The van der Waals surface area contributed by atoms with Crippen LogP contribution in [0, 0.1) is 0 Å². The van der Waals surface area contributed by atoms with Crippen molar-refractivity contribution in [3.63, 3.8) is 0 Å². The van der Waals surface area contributed by atoms with Crippen LogP contribution in [0.5, 0.6) is 5.75 Å². The summed E-state index contributed by atoms with van der Waals surface area (Å²) < 4.78 is 12.2. The van der Waals surface area contributed by atoms with Gasteiger partial charge in [0.15, 0.2) is 11.6 Å². The zero-order valence-corrected chi connectivity index (χ0v) is 23.1. The van der Waals surface area contributed by atoms with E-state index >= 15 is 0 Å². The Morgan fingerprint density at radius 2 is 1.64 bits per heavy atom. The number of carbonyl (C=O) groups excluding carboxylic acids is 1. The SMILES string of the molecule is CNNC(=O)[C@@]1(Cc2ccccc2CN=[N+]=[N-])N=C(c2ccc(OCCCO)cc2)O[C@H]1c1ccccc1CN=[N+]=[N-]. The van der Waals surface area contributed by atoms with E-state index in [1.165, 1.54) is 0 Å². The summed E-state index contributed by atoms with van der Waals surface area (Å²) in [5.74, 6) is 0.429. The molecule has 42 heavy (non-hydrogen) atoms. The normalized spacial score (nSPS) is 17.3. The lowest BCUT2D eigenvalue weighted by Gasteiger charge is -2.32. The quantitative estimate of drug-likeness (QED) is 0.0823. The maximum Gasteiger partial charge on any atom is 0.266 e. The molecular formula is C29H31N9O4. The van der Waals surface area contributed by atoms with E-state index in [4.69, 9.17) is 30.6 Å². The lowest BCUT2D eigenvalue weighted by molar-refractivity contribution is -0.129. The zero-order valence-electron chi connectivity index (χ0n) is 23.1. The minimum atomic E-state index is -1.51. The van der Waals surface area contributed by atoms with Gasteiger partial charge in [0.2, 0.25) is 5.90 Å². The van der Waals surface area contributed by atoms with Crippen molar-refractivity contribution in [1.82, 2.24) is 10.9 Å². The number of nitrogens with one attached hydrogen (secondary N) is 2. The van der Waals surface area contributed by atoms with Crippen LogP contribution in [0.4, 0.5) is 0 Å². The lowest BCUT2D eigenvalue weighted by atomic mass is 9.80. The van der Waals surface area contributed by atoms with Gasteiger partial charge in [0.25, 0.3) is 5.91 Å². The average Bonchev–Trinajstić information content (AvgIpc) is 3.40. The van der Waals surface area contributed by atoms with Gasteiger partial charge in [-0.3, -0.25) is 10.2 Å². The molecule has 4 rings (SSSR count). The van der Waals surface area contributed by atoms with Crippen LogP contribution in [0.15, 0.2) is 88.0 Å². The molecule has 3 N–H and O–H groups in total. The van der Waals surface area contributed by atoms with Gasteiger partial charge in [-0.15, -0.1) is 0 Å². The van der Waals surface area contributed by atoms with Gasteiger partial charge >= 0.3 is 0 Å². The summed E-state index contributed by atoms with van der Waals surface area (Å²) in [6, 6.07) is 21.8. The third-order valence-corrected chi connectivity index (χ3v) is 6.79. The van der Waals surface area contributed by atoms with Crippen molar-refractivity contribution in [2.75, 3.05) is 20.3 Å².